The van der Waals surface area contributed by atoms with E-state index < -0.39 is 0 Å². The lowest BCUT2D eigenvalue weighted by Gasteiger charge is -1.96. The summed E-state index contributed by atoms with van der Waals surface area (Å²) in [4.78, 5) is 0. The molecule has 0 aliphatic rings. The van der Waals surface area contributed by atoms with Gasteiger partial charge in [-0.05, 0) is 48.7 Å². The van der Waals surface area contributed by atoms with E-state index >= 15 is 0 Å². The van der Waals surface area contributed by atoms with Gasteiger partial charge in [0.05, 0.1) is 0 Å². The molecule has 0 spiro atoms. The molecule has 2 N–H and O–H groups in total. The van der Waals surface area contributed by atoms with Crippen molar-refractivity contribution >= 4 is 23.5 Å². The van der Waals surface area contributed by atoms with Gasteiger partial charge in [0.15, 0.2) is 0 Å². The summed E-state index contributed by atoms with van der Waals surface area (Å²) in [6, 6.07) is 0. The Morgan fingerprint density at radius 1 is 0.474 bits per heavy atom. The molecule has 0 aliphatic heterocycles. The lowest BCUT2D eigenvalue weighted by atomic mass is 10.4. The Balaban J connectivity index is -0.000000256. The first kappa shape index (κ1) is 24.7. The Kier molecular flexibility index (Phi) is 35.2. The summed E-state index contributed by atoms with van der Waals surface area (Å²) < 4.78 is 0. The lowest BCUT2D eigenvalue weighted by Crippen LogP contribution is -1.81. The van der Waals surface area contributed by atoms with Crippen LogP contribution in [-0.4, -0.2) is 28.5 Å². The predicted octanol–water partition coefficient (Wildman–Crippen LogP) is 5.81. The average Bonchev–Trinajstić information content (AvgIpc) is 2.39. The Bertz CT molecular complexity index is 95.3. The van der Waals surface area contributed by atoms with Crippen molar-refractivity contribution in [3.05, 3.63) is 0 Å². The van der Waals surface area contributed by atoms with Crippen molar-refractivity contribution < 1.29 is 5.48 Å². The average molecular weight is 311 g/mol. The maximum absolute atomic E-state index is 2.25. The smallest absolute Gasteiger partial charge is 0.00676 e. The molecule has 0 aromatic rings. The van der Waals surface area contributed by atoms with Gasteiger partial charge < -0.3 is 5.48 Å². The van der Waals surface area contributed by atoms with Crippen molar-refractivity contribution in [3.8, 4) is 0 Å². The Labute approximate surface area is 131 Å². The molecule has 0 fully saturated rings. The van der Waals surface area contributed by atoms with Crippen LogP contribution < -0.4 is 0 Å². The van der Waals surface area contributed by atoms with E-state index in [9.17, 15) is 0 Å². The molecule has 0 radical (unpaired) electrons. The van der Waals surface area contributed by atoms with Crippen LogP contribution in [0.15, 0.2) is 0 Å². The predicted molar refractivity (Wildman–Crippen MR) is 97.9 cm³/mol. The van der Waals surface area contributed by atoms with Crippen molar-refractivity contribution in [2.45, 2.75) is 79.1 Å². The molecule has 120 valence electrons. The zero-order valence-corrected chi connectivity index (χ0v) is 15.4. The van der Waals surface area contributed by atoms with E-state index in [4.69, 9.17) is 0 Å². The third-order valence-corrected chi connectivity index (χ3v) is 4.88. The molecule has 0 bridgehead atoms. The highest BCUT2D eigenvalue weighted by Crippen LogP contribution is 2.07. The van der Waals surface area contributed by atoms with E-state index in [0.717, 1.165) is 0 Å². The zero-order valence-electron chi connectivity index (χ0n) is 13.8. The highest BCUT2D eigenvalue weighted by Gasteiger charge is 1.86. The molecular formula is C16H38OS2. The van der Waals surface area contributed by atoms with Crippen molar-refractivity contribution in [1.82, 2.24) is 0 Å². The van der Waals surface area contributed by atoms with E-state index in [2.05, 4.69) is 51.2 Å². The molecule has 0 amide bonds. The molecule has 0 saturated heterocycles. The van der Waals surface area contributed by atoms with E-state index in [1.165, 1.54) is 74.4 Å². The summed E-state index contributed by atoms with van der Waals surface area (Å²) in [5.74, 6) is 5.49. The van der Waals surface area contributed by atoms with Gasteiger partial charge in [-0.3, -0.25) is 0 Å². The molecule has 3 heteroatoms. The van der Waals surface area contributed by atoms with Crippen molar-refractivity contribution in [2.75, 3.05) is 23.0 Å². The maximum atomic E-state index is 2.25. The lowest BCUT2D eigenvalue weighted by molar-refractivity contribution is 0.824. The van der Waals surface area contributed by atoms with Crippen molar-refractivity contribution in [1.29, 1.82) is 0 Å². The van der Waals surface area contributed by atoms with Gasteiger partial charge in [0.25, 0.3) is 0 Å². The Morgan fingerprint density at radius 2 is 0.684 bits per heavy atom. The fourth-order valence-electron chi connectivity index (χ4n) is 1.19. The van der Waals surface area contributed by atoms with E-state index in [-0.39, 0.29) is 5.48 Å². The second-order valence-corrected chi connectivity index (χ2v) is 7.09. The standard InChI is InChI=1S/2C8H18S.H2O/c2*1-3-5-7-9-8-6-4-2;/h2*3-8H2,1-2H3;1H2. The molecule has 0 unspecified atom stereocenters. The molecule has 0 saturated carbocycles. The van der Waals surface area contributed by atoms with Crippen LogP contribution in [0.1, 0.15) is 79.1 Å². The number of thioether (sulfide) groups is 2. The minimum Gasteiger partial charge on any atom is -0.412 e. The van der Waals surface area contributed by atoms with Gasteiger partial charge in [-0.1, -0.05) is 53.4 Å². The van der Waals surface area contributed by atoms with Crippen molar-refractivity contribution in [3.63, 3.8) is 0 Å². The SMILES string of the molecule is CCCCSCCCC.CCCCSCCCC.O. The number of unbranched alkanes of at least 4 members (excludes halogenated alkanes) is 4. The van der Waals surface area contributed by atoms with Crippen LogP contribution in [0.25, 0.3) is 0 Å². The number of rotatable bonds is 12. The summed E-state index contributed by atoms with van der Waals surface area (Å²) in [7, 11) is 0. The monoisotopic (exact) mass is 310 g/mol. The molecule has 1 nitrogen and oxygen atoms in total. The maximum Gasteiger partial charge on any atom is -0.00676 e. The summed E-state index contributed by atoms with van der Waals surface area (Å²) >= 11 is 4.20. The first-order valence-corrected chi connectivity index (χ1v) is 10.3. The van der Waals surface area contributed by atoms with Crippen LogP contribution in [0, 0.1) is 0 Å². The fourth-order valence-corrected chi connectivity index (χ4v) is 3.57. The molecule has 0 aromatic carbocycles. The van der Waals surface area contributed by atoms with Crippen LogP contribution in [0.3, 0.4) is 0 Å². The molecule has 0 aromatic heterocycles. The summed E-state index contributed by atoms with van der Waals surface area (Å²) in [6.07, 6.45) is 11.0. The highest BCUT2D eigenvalue weighted by atomic mass is 32.2. The van der Waals surface area contributed by atoms with Gasteiger partial charge in [0.1, 0.15) is 0 Å². The summed E-state index contributed by atoms with van der Waals surface area (Å²) in [5.41, 5.74) is 0. The van der Waals surface area contributed by atoms with Crippen LogP contribution in [0.5, 0.6) is 0 Å². The number of hydrogen-bond acceptors (Lipinski definition) is 2. The highest BCUT2D eigenvalue weighted by molar-refractivity contribution is 7.99. The topological polar surface area (TPSA) is 31.5 Å². The first-order valence-electron chi connectivity index (χ1n) is 7.98. The van der Waals surface area contributed by atoms with Gasteiger partial charge in [-0.15, -0.1) is 0 Å². The second kappa shape index (κ2) is 27.1. The molecule has 0 aliphatic carbocycles. The second-order valence-electron chi connectivity index (χ2n) is 4.64. The normalized spacial score (nSPS) is 9.47. The van der Waals surface area contributed by atoms with Gasteiger partial charge in [-0.2, -0.15) is 23.5 Å². The Hall–Kier alpha value is 0.660. The van der Waals surface area contributed by atoms with Gasteiger partial charge in [0.2, 0.25) is 0 Å². The van der Waals surface area contributed by atoms with Crippen LogP contribution in [0.4, 0.5) is 0 Å². The third kappa shape index (κ3) is 32.3. The minimum absolute atomic E-state index is 0. The first-order chi connectivity index (χ1) is 8.83. The van der Waals surface area contributed by atoms with Crippen molar-refractivity contribution in [2.24, 2.45) is 0 Å². The number of hydrogen-bond donors (Lipinski definition) is 0. The van der Waals surface area contributed by atoms with Gasteiger partial charge >= 0.3 is 0 Å². The fraction of sp³-hybridized carbons (Fsp3) is 1.00. The summed E-state index contributed by atoms with van der Waals surface area (Å²) in [6.45, 7) is 9.00. The summed E-state index contributed by atoms with van der Waals surface area (Å²) in [5, 5.41) is 0. The zero-order chi connectivity index (χ0) is 13.9. The molecule has 0 atom stereocenters. The quantitative estimate of drug-likeness (QED) is 0.426. The third-order valence-electron chi connectivity index (χ3n) is 2.57. The van der Waals surface area contributed by atoms with E-state index in [0.29, 0.717) is 0 Å². The van der Waals surface area contributed by atoms with Gasteiger partial charge in [-0.25, -0.2) is 0 Å². The molecule has 0 rings (SSSR count). The van der Waals surface area contributed by atoms with Crippen LogP contribution in [0.2, 0.25) is 0 Å². The molecule has 19 heavy (non-hydrogen) atoms. The van der Waals surface area contributed by atoms with Gasteiger partial charge in [0, 0.05) is 0 Å². The van der Waals surface area contributed by atoms with Crippen LogP contribution >= 0.6 is 23.5 Å². The van der Waals surface area contributed by atoms with E-state index in [1.54, 1.807) is 0 Å². The largest absolute Gasteiger partial charge is 0.412 e. The minimum atomic E-state index is 0. The molecule has 0 heterocycles. The Morgan fingerprint density at radius 3 is 0.842 bits per heavy atom. The van der Waals surface area contributed by atoms with Crippen LogP contribution in [-0.2, 0) is 0 Å². The van der Waals surface area contributed by atoms with E-state index in [1.807, 2.05) is 0 Å². The molecular weight excluding hydrogens is 272 g/mol.